The predicted octanol–water partition coefficient (Wildman–Crippen LogP) is 2.68. The Hall–Kier alpha value is -3.01. The van der Waals surface area contributed by atoms with Crippen LogP contribution in [0, 0.1) is 11.3 Å². The van der Waals surface area contributed by atoms with Gasteiger partial charge in [-0.05, 0) is 51.2 Å². The lowest BCUT2D eigenvalue weighted by molar-refractivity contribution is -0.131. The normalized spacial score (nSPS) is 21.0. The number of likely N-dealkylation sites (tertiary alicyclic amines) is 2. The Labute approximate surface area is 228 Å². The molecule has 1 aromatic rings. The molecule has 0 spiro atoms. The van der Waals surface area contributed by atoms with Crippen LogP contribution < -0.4 is 5.32 Å². The minimum Gasteiger partial charge on any atom is -0.447 e. The van der Waals surface area contributed by atoms with Gasteiger partial charge in [0.25, 0.3) is 11.8 Å². The van der Waals surface area contributed by atoms with Gasteiger partial charge in [0.2, 0.25) is 0 Å². The summed E-state index contributed by atoms with van der Waals surface area (Å²) < 4.78 is 32.6. The van der Waals surface area contributed by atoms with Crippen molar-refractivity contribution in [3.8, 4) is 6.07 Å². The first-order valence-electron chi connectivity index (χ1n) is 13.3. The van der Waals surface area contributed by atoms with Crippen LogP contribution in [0.15, 0.2) is 42.0 Å². The number of alkyl carbamates (subject to hydrolysis) is 1. The second-order valence-corrected chi connectivity index (χ2v) is 10.8. The van der Waals surface area contributed by atoms with E-state index in [4.69, 9.17) is 4.74 Å². The first-order chi connectivity index (χ1) is 18.4. The van der Waals surface area contributed by atoms with E-state index < -0.39 is 42.6 Å². The fourth-order valence-corrected chi connectivity index (χ4v) is 5.06. The standard InChI is InChI=1S/C27H37BF2N4O5/c1-26(2,33-14-11-27(29,30)12-15-33)17-21(18-31)24(35)34-13-7-6-10-22(34)19-39-25(36)32-23(28(37)38)16-20-8-4-3-5-9-20/h3-5,8-9,17,22-23,37-38H,6-7,10-16,19H2,1-2H3,(H,32,36)/t22?,23-/m0/s1. The second-order valence-electron chi connectivity index (χ2n) is 10.8. The third-order valence-corrected chi connectivity index (χ3v) is 7.41. The van der Waals surface area contributed by atoms with Gasteiger partial charge in [0.05, 0.1) is 12.0 Å². The fourth-order valence-electron chi connectivity index (χ4n) is 5.06. The summed E-state index contributed by atoms with van der Waals surface area (Å²) in [4.78, 5) is 29.2. The minimum absolute atomic E-state index is 0.0833. The number of ether oxygens (including phenoxy) is 1. The predicted molar refractivity (Wildman–Crippen MR) is 141 cm³/mol. The molecule has 3 rings (SSSR count). The number of carbonyl (C=O) groups excluding carboxylic acids is 2. The minimum atomic E-state index is -2.70. The molecule has 2 amide bonds. The van der Waals surface area contributed by atoms with Crippen LogP contribution in [0.2, 0.25) is 0 Å². The van der Waals surface area contributed by atoms with Crippen molar-refractivity contribution in [3.63, 3.8) is 0 Å². The van der Waals surface area contributed by atoms with Crippen LogP contribution in [0.25, 0.3) is 0 Å². The Morgan fingerprint density at radius 2 is 1.90 bits per heavy atom. The van der Waals surface area contributed by atoms with Crippen molar-refractivity contribution in [1.29, 1.82) is 5.26 Å². The van der Waals surface area contributed by atoms with E-state index in [9.17, 15) is 33.7 Å². The molecule has 1 unspecified atom stereocenters. The maximum atomic E-state index is 13.6. The summed E-state index contributed by atoms with van der Waals surface area (Å²) in [6.07, 6.45) is 2.44. The number of carbonyl (C=O) groups is 2. The van der Waals surface area contributed by atoms with Crippen molar-refractivity contribution >= 4 is 19.1 Å². The number of alkyl halides is 2. The van der Waals surface area contributed by atoms with E-state index in [1.807, 2.05) is 17.0 Å². The third-order valence-electron chi connectivity index (χ3n) is 7.41. The molecule has 2 heterocycles. The molecular formula is C27H37BF2N4O5. The van der Waals surface area contributed by atoms with Crippen LogP contribution in [0.5, 0.6) is 0 Å². The van der Waals surface area contributed by atoms with E-state index in [1.165, 1.54) is 11.0 Å². The molecule has 2 fully saturated rings. The summed E-state index contributed by atoms with van der Waals surface area (Å²) in [7, 11) is -1.80. The average molecular weight is 546 g/mol. The van der Waals surface area contributed by atoms with Gasteiger partial charge in [0, 0.05) is 38.0 Å². The molecule has 2 aliphatic rings. The number of benzene rings is 1. The van der Waals surface area contributed by atoms with Crippen molar-refractivity contribution in [2.75, 3.05) is 26.2 Å². The Bertz CT molecular complexity index is 1050. The fraction of sp³-hybridized carbons (Fsp3) is 0.593. The molecule has 0 radical (unpaired) electrons. The Morgan fingerprint density at radius 3 is 2.51 bits per heavy atom. The van der Waals surface area contributed by atoms with E-state index in [1.54, 1.807) is 38.1 Å². The number of nitriles is 1. The molecule has 2 atom stereocenters. The first-order valence-corrected chi connectivity index (χ1v) is 13.3. The van der Waals surface area contributed by atoms with Crippen molar-refractivity contribution < 1.29 is 33.2 Å². The summed E-state index contributed by atoms with van der Waals surface area (Å²) in [6.45, 7) is 4.17. The lowest BCUT2D eigenvalue weighted by Gasteiger charge is -2.41. The van der Waals surface area contributed by atoms with E-state index in [2.05, 4.69) is 5.32 Å². The topological polar surface area (TPSA) is 126 Å². The molecule has 2 saturated heterocycles. The van der Waals surface area contributed by atoms with Gasteiger partial charge in [0.1, 0.15) is 18.2 Å². The highest BCUT2D eigenvalue weighted by atomic mass is 19.3. The number of hydrogen-bond acceptors (Lipinski definition) is 7. The van der Waals surface area contributed by atoms with E-state index >= 15 is 0 Å². The van der Waals surface area contributed by atoms with Crippen molar-refractivity contribution in [3.05, 3.63) is 47.5 Å². The SMILES string of the molecule is CC(C)(C=C(C#N)C(=O)N1CCCCC1COC(=O)N[C@@H](Cc1ccccc1)B(O)O)N1CCC(F)(F)CC1. The van der Waals surface area contributed by atoms with Crippen LogP contribution in [0.4, 0.5) is 13.6 Å². The summed E-state index contributed by atoms with van der Waals surface area (Å²) >= 11 is 0. The van der Waals surface area contributed by atoms with Gasteiger partial charge in [-0.25, -0.2) is 13.6 Å². The van der Waals surface area contributed by atoms with E-state index in [0.717, 1.165) is 18.4 Å². The van der Waals surface area contributed by atoms with Gasteiger partial charge >= 0.3 is 13.2 Å². The zero-order valence-electron chi connectivity index (χ0n) is 22.5. The third kappa shape index (κ3) is 8.75. The Balaban J connectivity index is 1.62. The highest BCUT2D eigenvalue weighted by molar-refractivity contribution is 6.43. The second kappa shape index (κ2) is 13.4. The van der Waals surface area contributed by atoms with Gasteiger partial charge in [-0.3, -0.25) is 9.69 Å². The molecule has 0 bridgehead atoms. The summed E-state index contributed by atoms with van der Waals surface area (Å²) in [5.41, 5.74) is -0.0606. The van der Waals surface area contributed by atoms with Gasteiger partial charge in [-0.1, -0.05) is 30.3 Å². The van der Waals surface area contributed by atoms with E-state index in [0.29, 0.717) is 13.0 Å². The number of hydrogen-bond donors (Lipinski definition) is 3. The lowest BCUT2D eigenvalue weighted by Crippen LogP contribution is -2.51. The van der Waals surface area contributed by atoms with Gasteiger partial charge < -0.3 is 25.0 Å². The maximum Gasteiger partial charge on any atom is 0.475 e. The van der Waals surface area contributed by atoms with Crippen LogP contribution in [0.3, 0.4) is 0 Å². The Kier molecular flexibility index (Phi) is 10.5. The number of amides is 2. The van der Waals surface area contributed by atoms with Crippen LogP contribution in [0.1, 0.15) is 51.5 Å². The van der Waals surface area contributed by atoms with Gasteiger partial charge in [-0.2, -0.15) is 5.26 Å². The van der Waals surface area contributed by atoms with Gasteiger partial charge in [-0.15, -0.1) is 0 Å². The molecule has 3 N–H and O–H groups in total. The molecule has 0 saturated carbocycles. The molecule has 1 aromatic carbocycles. The molecule has 9 nitrogen and oxygen atoms in total. The van der Waals surface area contributed by atoms with Crippen molar-refractivity contribution in [2.24, 2.45) is 0 Å². The van der Waals surface area contributed by atoms with Crippen LogP contribution in [-0.2, 0) is 16.0 Å². The summed E-state index contributed by atoms with van der Waals surface area (Å²) in [5.74, 6) is -4.18. The largest absolute Gasteiger partial charge is 0.475 e. The molecule has 0 aliphatic carbocycles. The molecular weight excluding hydrogens is 509 g/mol. The average Bonchev–Trinajstić information content (AvgIpc) is 2.90. The number of nitrogens with one attached hydrogen (secondary N) is 1. The molecule has 12 heteroatoms. The highest BCUT2D eigenvalue weighted by Crippen LogP contribution is 2.32. The van der Waals surface area contributed by atoms with Crippen molar-refractivity contribution in [2.45, 2.75) is 75.8 Å². The zero-order chi connectivity index (χ0) is 28.6. The van der Waals surface area contributed by atoms with Crippen LogP contribution in [-0.4, -0.2) is 88.7 Å². The molecule has 212 valence electrons. The summed E-state index contributed by atoms with van der Waals surface area (Å²) in [5, 5.41) is 31.7. The number of halogens is 2. The van der Waals surface area contributed by atoms with Gasteiger partial charge in [0.15, 0.2) is 0 Å². The smallest absolute Gasteiger partial charge is 0.447 e. The van der Waals surface area contributed by atoms with Crippen molar-refractivity contribution in [1.82, 2.24) is 15.1 Å². The number of nitrogens with zero attached hydrogens (tertiary/aromatic N) is 3. The zero-order valence-corrected chi connectivity index (χ0v) is 22.5. The number of rotatable bonds is 9. The summed E-state index contributed by atoms with van der Waals surface area (Å²) in [6, 6.07) is 10.6. The quantitative estimate of drug-likeness (QED) is 0.247. The van der Waals surface area contributed by atoms with E-state index in [-0.39, 0.29) is 44.5 Å². The first kappa shape index (κ1) is 30.5. The molecule has 2 aliphatic heterocycles. The lowest BCUT2D eigenvalue weighted by atomic mass is 9.76. The molecule has 39 heavy (non-hydrogen) atoms. The maximum absolute atomic E-state index is 13.6. The number of piperidine rings is 2. The monoisotopic (exact) mass is 546 g/mol. The molecule has 0 aromatic heterocycles. The van der Waals surface area contributed by atoms with Crippen LogP contribution >= 0.6 is 0 Å². The Morgan fingerprint density at radius 1 is 1.23 bits per heavy atom. The highest BCUT2D eigenvalue weighted by Gasteiger charge is 2.39.